The lowest BCUT2D eigenvalue weighted by atomic mass is 9.78. The maximum Gasteiger partial charge on any atom is 0.316 e. The Morgan fingerprint density at radius 1 is 1.17 bits per heavy atom. The normalized spacial score (nSPS) is 18.4. The molecule has 4 rings (SSSR count). The van der Waals surface area contributed by atoms with Crippen molar-refractivity contribution in [3.63, 3.8) is 0 Å². The summed E-state index contributed by atoms with van der Waals surface area (Å²) in [6, 6.07) is 10.1. The molecule has 0 bridgehead atoms. The molecular weight excluding hydrogens is 370 g/mol. The second-order valence-corrected chi connectivity index (χ2v) is 7.89. The average Bonchev–Trinajstić information content (AvgIpc) is 3.49. The van der Waals surface area contributed by atoms with E-state index in [1.54, 1.807) is 4.90 Å². The summed E-state index contributed by atoms with van der Waals surface area (Å²) < 4.78 is 10.4. The number of amides is 1. The number of piperidine rings is 1. The first kappa shape index (κ1) is 19.6. The molecule has 0 spiro atoms. The van der Waals surface area contributed by atoms with Gasteiger partial charge in [0, 0.05) is 19.0 Å². The zero-order valence-electron chi connectivity index (χ0n) is 16.8. The molecule has 2 heterocycles. The molecule has 2 fully saturated rings. The summed E-state index contributed by atoms with van der Waals surface area (Å²) in [5.74, 6) is 1.16. The van der Waals surface area contributed by atoms with Crippen molar-refractivity contribution in [3.05, 3.63) is 47.6 Å². The smallest absolute Gasteiger partial charge is 0.316 e. The molecule has 1 saturated heterocycles. The Balaban J connectivity index is 1.40. The van der Waals surface area contributed by atoms with E-state index < -0.39 is 0 Å². The van der Waals surface area contributed by atoms with Crippen molar-refractivity contribution >= 4 is 11.9 Å². The summed E-state index contributed by atoms with van der Waals surface area (Å²) in [7, 11) is 0. The molecule has 1 aromatic carbocycles. The summed E-state index contributed by atoms with van der Waals surface area (Å²) in [5, 5.41) is 3.94. The fourth-order valence-electron chi connectivity index (χ4n) is 4.13. The second-order valence-electron chi connectivity index (χ2n) is 7.89. The van der Waals surface area contributed by atoms with Crippen molar-refractivity contribution in [2.75, 3.05) is 19.7 Å². The molecular formula is C22H27N3O4. The number of ether oxygens (including phenoxy) is 1. The van der Waals surface area contributed by atoms with Crippen LogP contribution in [-0.4, -0.2) is 46.6 Å². The van der Waals surface area contributed by atoms with Crippen LogP contribution in [0.2, 0.25) is 0 Å². The fourth-order valence-corrected chi connectivity index (χ4v) is 4.13. The van der Waals surface area contributed by atoms with Gasteiger partial charge in [0.1, 0.15) is 0 Å². The zero-order chi connectivity index (χ0) is 20.2. The zero-order valence-corrected chi connectivity index (χ0v) is 16.8. The van der Waals surface area contributed by atoms with Crippen LogP contribution in [0.25, 0.3) is 0 Å². The molecule has 2 aromatic rings. The highest BCUT2D eigenvalue weighted by molar-refractivity contribution is 5.89. The van der Waals surface area contributed by atoms with E-state index in [2.05, 4.69) is 22.3 Å². The Kier molecular flexibility index (Phi) is 5.92. The van der Waals surface area contributed by atoms with Crippen molar-refractivity contribution < 1.29 is 18.8 Å². The molecule has 154 valence electrons. The van der Waals surface area contributed by atoms with E-state index >= 15 is 0 Å². The molecule has 1 aliphatic heterocycles. The lowest BCUT2D eigenvalue weighted by Gasteiger charge is -2.35. The molecule has 2 aliphatic rings. The third-order valence-corrected chi connectivity index (χ3v) is 5.88. The summed E-state index contributed by atoms with van der Waals surface area (Å²) in [4.78, 5) is 31.0. The minimum absolute atomic E-state index is 0.0940. The van der Waals surface area contributed by atoms with Crippen molar-refractivity contribution in [1.29, 1.82) is 0 Å². The monoisotopic (exact) mass is 397 g/mol. The number of hydrogen-bond acceptors (Lipinski definition) is 6. The third-order valence-electron chi connectivity index (χ3n) is 5.88. The second kappa shape index (κ2) is 8.76. The highest BCUT2D eigenvalue weighted by Gasteiger charge is 2.34. The number of rotatable bonds is 7. The van der Waals surface area contributed by atoms with Crippen LogP contribution in [0.3, 0.4) is 0 Å². The van der Waals surface area contributed by atoms with Gasteiger partial charge in [-0.1, -0.05) is 35.5 Å². The Morgan fingerprint density at radius 2 is 1.90 bits per heavy atom. The SMILES string of the molecule is CCOC(=O)CC(c1ccccc1)C1CCN(C(=O)c2nc(C3CC3)no2)CC1. The van der Waals surface area contributed by atoms with E-state index in [-0.39, 0.29) is 23.7 Å². The van der Waals surface area contributed by atoms with Gasteiger partial charge in [0.15, 0.2) is 5.82 Å². The van der Waals surface area contributed by atoms with Gasteiger partial charge in [-0.05, 0) is 50.0 Å². The fraction of sp³-hybridized carbons (Fsp3) is 0.545. The number of hydrogen-bond donors (Lipinski definition) is 0. The Labute approximate surface area is 170 Å². The van der Waals surface area contributed by atoms with Gasteiger partial charge in [0.25, 0.3) is 0 Å². The van der Waals surface area contributed by atoms with E-state index in [1.807, 2.05) is 25.1 Å². The van der Waals surface area contributed by atoms with E-state index in [4.69, 9.17) is 9.26 Å². The largest absolute Gasteiger partial charge is 0.466 e. The van der Waals surface area contributed by atoms with Crippen molar-refractivity contribution in [2.45, 2.75) is 50.9 Å². The van der Waals surface area contributed by atoms with Gasteiger partial charge in [-0.3, -0.25) is 9.59 Å². The maximum atomic E-state index is 12.7. The lowest BCUT2D eigenvalue weighted by Crippen LogP contribution is -2.40. The van der Waals surface area contributed by atoms with Crippen molar-refractivity contribution in [3.8, 4) is 0 Å². The molecule has 1 unspecified atom stereocenters. The minimum Gasteiger partial charge on any atom is -0.466 e. The molecule has 29 heavy (non-hydrogen) atoms. The van der Waals surface area contributed by atoms with Crippen LogP contribution >= 0.6 is 0 Å². The Morgan fingerprint density at radius 3 is 2.55 bits per heavy atom. The van der Waals surface area contributed by atoms with Gasteiger partial charge in [0.05, 0.1) is 13.0 Å². The molecule has 1 amide bonds. The lowest BCUT2D eigenvalue weighted by molar-refractivity contribution is -0.144. The highest BCUT2D eigenvalue weighted by atomic mass is 16.5. The van der Waals surface area contributed by atoms with Crippen LogP contribution in [0.4, 0.5) is 0 Å². The number of nitrogens with zero attached hydrogens (tertiary/aromatic N) is 3. The van der Waals surface area contributed by atoms with Gasteiger partial charge < -0.3 is 14.2 Å². The Bertz CT molecular complexity index is 839. The van der Waals surface area contributed by atoms with E-state index in [9.17, 15) is 9.59 Å². The molecule has 0 N–H and O–H groups in total. The summed E-state index contributed by atoms with van der Waals surface area (Å²) in [6.45, 7) is 3.46. The topological polar surface area (TPSA) is 85.5 Å². The highest BCUT2D eigenvalue weighted by Crippen LogP contribution is 2.38. The summed E-state index contributed by atoms with van der Waals surface area (Å²) in [6.07, 6.45) is 4.16. The van der Waals surface area contributed by atoms with Gasteiger partial charge >= 0.3 is 17.8 Å². The van der Waals surface area contributed by atoms with Crippen molar-refractivity contribution in [2.24, 2.45) is 5.92 Å². The molecule has 1 aliphatic carbocycles. The van der Waals surface area contributed by atoms with Crippen molar-refractivity contribution in [1.82, 2.24) is 15.0 Å². The first-order valence-electron chi connectivity index (χ1n) is 10.5. The number of esters is 1. The number of benzene rings is 1. The Hall–Kier alpha value is -2.70. The maximum absolute atomic E-state index is 12.7. The van der Waals surface area contributed by atoms with Crippen LogP contribution in [0.15, 0.2) is 34.9 Å². The number of likely N-dealkylation sites (tertiary alicyclic amines) is 1. The average molecular weight is 397 g/mol. The van der Waals surface area contributed by atoms with Crippen LogP contribution in [0, 0.1) is 5.92 Å². The molecule has 0 radical (unpaired) electrons. The number of carbonyl (C=O) groups excluding carboxylic acids is 2. The van der Waals surface area contributed by atoms with Gasteiger partial charge in [-0.25, -0.2) is 0 Å². The van der Waals surface area contributed by atoms with E-state index in [0.29, 0.717) is 43.8 Å². The quantitative estimate of drug-likeness (QED) is 0.665. The van der Waals surface area contributed by atoms with Crippen LogP contribution in [0.5, 0.6) is 0 Å². The molecule has 1 saturated carbocycles. The first-order chi connectivity index (χ1) is 14.2. The third kappa shape index (κ3) is 4.66. The summed E-state index contributed by atoms with van der Waals surface area (Å²) in [5.41, 5.74) is 1.15. The number of aromatic nitrogens is 2. The molecule has 7 heteroatoms. The first-order valence-corrected chi connectivity index (χ1v) is 10.5. The molecule has 7 nitrogen and oxygen atoms in total. The van der Waals surface area contributed by atoms with E-state index in [1.165, 1.54) is 0 Å². The standard InChI is InChI=1S/C22H27N3O4/c1-2-28-19(26)14-18(15-6-4-3-5-7-15)16-10-12-25(13-11-16)22(27)21-23-20(24-29-21)17-8-9-17/h3-7,16-18H,2,8-14H2,1H3. The van der Waals surface area contributed by atoms with Crippen LogP contribution < -0.4 is 0 Å². The minimum atomic E-state index is -0.190. The molecule has 1 atom stereocenters. The van der Waals surface area contributed by atoms with Gasteiger partial charge in [0.2, 0.25) is 0 Å². The molecule has 1 aromatic heterocycles. The van der Waals surface area contributed by atoms with Gasteiger partial charge in [-0.15, -0.1) is 0 Å². The van der Waals surface area contributed by atoms with Crippen LogP contribution in [0.1, 0.15) is 72.9 Å². The predicted octanol–water partition coefficient (Wildman–Crippen LogP) is 3.54. The predicted molar refractivity (Wildman–Crippen MR) is 105 cm³/mol. The summed E-state index contributed by atoms with van der Waals surface area (Å²) >= 11 is 0. The van der Waals surface area contributed by atoms with Crippen LogP contribution in [-0.2, 0) is 9.53 Å². The number of carbonyl (C=O) groups is 2. The van der Waals surface area contributed by atoms with E-state index in [0.717, 1.165) is 31.2 Å². The van der Waals surface area contributed by atoms with Gasteiger partial charge in [-0.2, -0.15) is 4.98 Å².